The molecule has 112 valence electrons. The van der Waals surface area contributed by atoms with Gasteiger partial charge in [-0.3, -0.25) is 9.89 Å². The van der Waals surface area contributed by atoms with Crippen molar-refractivity contribution < 1.29 is 4.79 Å². The molecule has 1 unspecified atom stereocenters. The van der Waals surface area contributed by atoms with Gasteiger partial charge in [0, 0.05) is 19.6 Å². The zero-order chi connectivity index (χ0) is 14.8. The van der Waals surface area contributed by atoms with Crippen LogP contribution in [0.15, 0.2) is 6.20 Å². The highest BCUT2D eigenvalue weighted by Gasteiger charge is 2.26. The van der Waals surface area contributed by atoms with E-state index in [1.54, 1.807) is 6.20 Å². The summed E-state index contributed by atoms with van der Waals surface area (Å²) in [6.45, 7) is 4.18. The number of amides is 1. The lowest BCUT2D eigenvalue weighted by Gasteiger charge is -2.32. The van der Waals surface area contributed by atoms with E-state index < -0.39 is 0 Å². The first-order valence-corrected chi connectivity index (χ1v) is 7.18. The molecular weight excluding hydrogens is 270 g/mol. The molecule has 1 atom stereocenters. The SMILES string of the molecule is CCNc1nc(N2CCCC(C(N)=O)C2)c2cn[nH]c2n1. The van der Waals surface area contributed by atoms with E-state index in [0.29, 0.717) is 18.1 Å². The minimum atomic E-state index is -0.246. The van der Waals surface area contributed by atoms with E-state index >= 15 is 0 Å². The van der Waals surface area contributed by atoms with Gasteiger partial charge in [0.1, 0.15) is 5.82 Å². The summed E-state index contributed by atoms with van der Waals surface area (Å²) in [5.41, 5.74) is 6.14. The Balaban J connectivity index is 1.97. The summed E-state index contributed by atoms with van der Waals surface area (Å²) in [6, 6.07) is 0. The summed E-state index contributed by atoms with van der Waals surface area (Å²) >= 11 is 0. The molecule has 0 bridgehead atoms. The number of piperidine rings is 1. The van der Waals surface area contributed by atoms with E-state index in [1.165, 1.54) is 0 Å². The number of nitrogens with one attached hydrogen (secondary N) is 2. The van der Waals surface area contributed by atoms with Gasteiger partial charge < -0.3 is 16.0 Å². The fraction of sp³-hybridized carbons (Fsp3) is 0.538. The molecule has 0 aliphatic carbocycles. The molecule has 1 saturated heterocycles. The van der Waals surface area contributed by atoms with Crippen molar-refractivity contribution in [1.82, 2.24) is 20.2 Å². The average Bonchev–Trinajstić information content (AvgIpc) is 2.95. The van der Waals surface area contributed by atoms with Gasteiger partial charge in [-0.25, -0.2) is 0 Å². The van der Waals surface area contributed by atoms with Crippen LogP contribution in [0.3, 0.4) is 0 Å². The maximum Gasteiger partial charge on any atom is 0.226 e. The van der Waals surface area contributed by atoms with Crippen LogP contribution < -0.4 is 16.0 Å². The van der Waals surface area contributed by atoms with Gasteiger partial charge in [0.15, 0.2) is 5.65 Å². The molecule has 0 aromatic carbocycles. The van der Waals surface area contributed by atoms with Crippen LogP contribution in [0.4, 0.5) is 11.8 Å². The van der Waals surface area contributed by atoms with E-state index in [1.807, 2.05) is 6.92 Å². The molecule has 0 spiro atoms. The summed E-state index contributed by atoms with van der Waals surface area (Å²) in [7, 11) is 0. The number of aromatic amines is 1. The van der Waals surface area contributed by atoms with Crippen molar-refractivity contribution in [2.75, 3.05) is 29.9 Å². The number of fused-ring (bicyclic) bond motifs is 1. The number of hydrogen-bond donors (Lipinski definition) is 3. The topological polar surface area (TPSA) is 113 Å². The minimum Gasteiger partial charge on any atom is -0.369 e. The molecule has 2 aromatic heterocycles. The molecule has 1 aliphatic heterocycles. The number of aromatic nitrogens is 4. The molecule has 3 rings (SSSR count). The van der Waals surface area contributed by atoms with E-state index in [0.717, 1.165) is 37.1 Å². The third-order valence-corrected chi connectivity index (χ3v) is 3.75. The maximum atomic E-state index is 11.4. The van der Waals surface area contributed by atoms with Gasteiger partial charge in [-0.1, -0.05) is 0 Å². The van der Waals surface area contributed by atoms with Crippen LogP contribution >= 0.6 is 0 Å². The Kier molecular flexibility index (Phi) is 3.59. The number of nitrogens with zero attached hydrogens (tertiary/aromatic N) is 4. The van der Waals surface area contributed by atoms with Crippen LogP contribution in [-0.2, 0) is 4.79 Å². The monoisotopic (exact) mass is 289 g/mol. The number of anilines is 2. The molecule has 3 heterocycles. The lowest BCUT2D eigenvalue weighted by molar-refractivity contribution is -0.122. The number of hydrogen-bond acceptors (Lipinski definition) is 6. The molecule has 1 aliphatic rings. The Morgan fingerprint density at radius 3 is 3.19 bits per heavy atom. The Morgan fingerprint density at radius 2 is 2.43 bits per heavy atom. The van der Waals surface area contributed by atoms with Gasteiger partial charge in [0.25, 0.3) is 0 Å². The molecule has 8 nitrogen and oxygen atoms in total. The van der Waals surface area contributed by atoms with E-state index in [2.05, 4.69) is 30.4 Å². The summed E-state index contributed by atoms with van der Waals surface area (Å²) in [5.74, 6) is 0.989. The highest BCUT2D eigenvalue weighted by atomic mass is 16.1. The number of nitrogens with two attached hydrogens (primary N) is 1. The van der Waals surface area contributed by atoms with Crippen molar-refractivity contribution in [1.29, 1.82) is 0 Å². The van der Waals surface area contributed by atoms with Crippen molar-refractivity contribution in [2.45, 2.75) is 19.8 Å². The summed E-state index contributed by atoms with van der Waals surface area (Å²) in [4.78, 5) is 22.5. The maximum absolute atomic E-state index is 11.4. The number of H-pyrrole nitrogens is 1. The number of rotatable bonds is 4. The molecule has 2 aromatic rings. The van der Waals surface area contributed by atoms with E-state index in [9.17, 15) is 4.79 Å². The lowest BCUT2D eigenvalue weighted by Crippen LogP contribution is -2.41. The van der Waals surface area contributed by atoms with Crippen LogP contribution in [0.2, 0.25) is 0 Å². The van der Waals surface area contributed by atoms with Crippen molar-refractivity contribution in [3.63, 3.8) is 0 Å². The lowest BCUT2D eigenvalue weighted by atomic mass is 9.97. The highest BCUT2D eigenvalue weighted by molar-refractivity contribution is 5.88. The van der Waals surface area contributed by atoms with Crippen molar-refractivity contribution in [3.05, 3.63) is 6.20 Å². The molecule has 21 heavy (non-hydrogen) atoms. The Bertz CT molecular complexity index is 653. The minimum absolute atomic E-state index is 0.127. The van der Waals surface area contributed by atoms with Crippen LogP contribution in [0, 0.1) is 5.92 Å². The fourth-order valence-electron chi connectivity index (χ4n) is 2.70. The van der Waals surface area contributed by atoms with E-state index in [4.69, 9.17) is 5.73 Å². The van der Waals surface area contributed by atoms with Crippen molar-refractivity contribution >= 4 is 28.7 Å². The Morgan fingerprint density at radius 1 is 1.57 bits per heavy atom. The first-order valence-electron chi connectivity index (χ1n) is 7.18. The molecule has 0 radical (unpaired) electrons. The molecule has 1 amide bonds. The summed E-state index contributed by atoms with van der Waals surface area (Å²) in [6.07, 6.45) is 3.48. The van der Waals surface area contributed by atoms with Crippen molar-refractivity contribution in [3.8, 4) is 0 Å². The highest BCUT2D eigenvalue weighted by Crippen LogP contribution is 2.28. The smallest absolute Gasteiger partial charge is 0.226 e. The summed E-state index contributed by atoms with van der Waals surface area (Å²) in [5, 5.41) is 10.9. The van der Waals surface area contributed by atoms with E-state index in [-0.39, 0.29) is 11.8 Å². The molecule has 8 heteroatoms. The van der Waals surface area contributed by atoms with Gasteiger partial charge in [0.05, 0.1) is 17.5 Å². The molecule has 1 fully saturated rings. The normalized spacial score (nSPS) is 18.9. The van der Waals surface area contributed by atoms with Crippen LogP contribution in [0.1, 0.15) is 19.8 Å². The average molecular weight is 289 g/mol. The van der Waals surface area contributed by atoms with Gasteiger partial charge in [-0.05, 0) is 19.8 Å². The van der Waals surface area contributed by atoms with Crippen LogP contribution in [0.5, 0.6) is 0 Å². The second-order valence-corrected chi connectivity index (χ2v) is 5.22. The number of carbonyl (C=O) groups is 1. The fourth-order valence-corrected chi connectivity index (χ4v) is 2.70. The van der Waals surface area contributed by atoms with Gasteiger partial charge >= 0.3 is 0 Å². The molecule has 4 N–H and O–H groups in total. The Labute approximate surface area is 122 Å². The van der Waals surface area contributed by atoms with Crippen LogP contribution in [-0.4, -0.2) is 45.7 Å². The second-order valence-electron chi connectivity index (χ2n) is 5.22. The third kappa shape index (κ3) is 2.61. The van der Waals surface area contributed by atoms with Gasteiger partial charge in [-0.15, -0.1) is 0 Å². The van der Waals surface area contributed by atoms with Crippen molar-refractivity contribution in [2.24, 2.45) is 11.7 Å². The molecule has 0 saturated carbocycles. The quantitative estimate of drug-likeness (QED) is 0.755. The number of carbonyl (C=O) groups excluding carboxylic acids is 1. The summed E-state index contributed by atoms with van der Waals surface area (Å²) < 4.78 is 0. The first-order chi connectivity index (χ1) is 10.2. The van der Waals surface area contributed by atoms with Gasteiger partial charge in [0.2, 0.25) is 11.9 Å². The predicted molar refractivity (Wildman–Crippen MR) is 80.0 cm³/mol. The Hall–Kier alpha value is -2.38. The zero-order valence-corrected chi connectivity index (χ0v) is 12.0. The third-order valence-electron chi connectivity index (χ3n) is 3.75. The molecular formula is C13H19N7O. The second kappa shape index (κ2) is 5.55. The predicted octanol–water partition coefficient (Wildman–Crippen LogP) is 0.486. The standard InChI is InChI=1S/C13H19N7O/c1-2-15-13-17-11-9(6-16-19-11)12(18-13)20-5-3-4-8(7-20)10(14)21/h6,8H,2-5,7H2,1H3,(H2,14,21)(H2,15,16,17,18,19). The van der Waals surface area contributed by atoms with Crippen LogP contribution in [0.25, 0.3) is 11.0 Å². The zero-order valence-electron chi connectivity index (χ0n) is 12.0. The first kappa shape index (κ1) is 13.6. The number of primary amides is 1. The largest absolute Gasteiger partial charge is 0.369 e. The van der Waals surface area contributed by atoms with Gasteiger partial charge in [-0.2, -0.15) is 15.1 Å².